The number of anilines is 1. The van der Waals surface area contributed by atoms with Crippen molar-refractivity contribution in [3.8, 4) is 11.5 Å². The number of fused-ring (bicyclic) bond motifs is 1. The number of hydrogen-bond acceptors (Lipinski definition) is 6. The highest BCUT2D eigenvalue weighted by atomic mass is 16.5. The number of likely N-dealkylation sites (N-methyl/N-ethyl adjacent to an activating group) is 1. The molecule has 126 valence electrons. The van der Waals surface area contributed by atoms with Gasteiger partial charge in [0.2, 0.25) is 0 Å². The summed E-state index contributed by atoms with van der Waals surface area (Å²) >= 11 is 0. The monoisotopic (exact) mass is 326 g/mol. The zero-order valence-corrected chi connectivity index (χ0v) is 14.4. The first-order valence-electron chi connectivity index (χ1n) is 8.28. The van der Waals surface area contributed by atoms with E-state index < -0.39 is 0 Å². The van der Waals surface area contributed by atoms with Gasteiger partial charge in [-0.25, -0.2) is 9.97 Å². The lowest BCUT2D eigenvalue weighted by Crippen LogP contribution is -2.29. The van der Waals surface area contributed by atoms with E-state index in [2.05, 4.69) is 4.98 Å². The van der Waals surface area contributed by atoms with Crippen LogP contribution in [0.4, 0.5) is 5.82 Å². The van der Waals surface area contributed by atoms with Gasteiger partial charge >= 0.3 is 5.97 Å². The minimum Gasteiger partial charge on any atom is -0.465 e. The average molecular weight is 326 g/mol. The van der Waals surface area contributed by atoms with Gasteiger partial charge < -0.3 is 9.64 Å². The van der Waals surface area contributed by atoms with Crippen LogP contribution in [0.3, 0.4) is 0 Å². The molecular formula is C18H22N4O2. The van der Waals surface area contributed by atoms with E-state index in [1.165, 1.54) is 0 Å². The number of esters is 1. The van der Waals surface area contributed by atoms with Crippen LogP contribution in [0.2, 0.25) is 0 Å². The van der Waals surface area contributed by atoms with E-state index in [-0.39, 0.29) is 12.5 Å². The molecule has 0 fully saturated rings. The maximum Gasteiger partial charge on any atom is 0.325 e. The lowest BCUT2D eigenvalue weighted by molar-refractivity contribution is -0.141. The number of hydrogen-bond donors (Lipinski definition) is 0. The number of ether oxygens (including phenoxy) is 1. The molecule has 0 atom stereocenters. The standard InChI is InChI=1S/C18H22N4O2/c1-4-24-16(23)11-22(3)18-13-6-5-7-14(13)20-17(21-18)15-10-12(2)8-9-19-15/h8-10H,4-7,11H2,1-3H3. The lowest BCUT2D eigenvalue weighted by Gasteiger charge is -2.20. The molecule has 0 saturated carbocycles. The Morgan fingerprint density at radius 3 is 2.92 bits per heavy atom. The molecule has 0 spiro atoms. The van der Waals surface area contributed by atoms with E-state index in [9.17, 15) is 4.79 Å². The number of nitrogens with zero attached hydrogens (tertiary/aromatic N) is 4. The third kappa shape index (κ3) is 3.37. The third-order valence-corrected chi connectivity index (χ3v) is 4.09. The van der Waals surface area contributed by atoms with Gasteiger partial charge in [0, 0.05) is 24.5 Å². The Bertz CT molecular complexity index is 761. The zero-order valence-electron chi connectivity index (χ0n) is 14.4. The molecule has 0 aliphatic heterocycles. The normalized spacial score (nSPS) is 12.8. The topological polar surface area (TPSA) is 68.2 Å². The van der Waals surface area contributed by atoms with Crippen LogP contribution in [0.5, 0.6) is 0 Å². The van der Waals surface area contributed by atoms with Gasteiger partial charge in [-0.15, -0.1) is 0 Å². The van der Waals surface area contributed by atoms with Crippen molar-refractivity contribution < 1.29 is 9.53 Å². The first-order chi connectivity index (χ1) is 11.6. The van der Waals surface area contributed by atoms with Gasteiger partial charge in [0.15, 0.2) is 5.82 Å². The molecule has 0 aromatic carbocycles. The fourth-order valence-electron chi connectivity index (χ4n) is 2.98. The number of carbonyl (C=O) groups excluding carboxylic acids is 1. The molecule has 1 aliphatic carbocycles. The first-order valence-corrected chi connectivity index (χ1v) is 8.28. The molecule has 3 rings (SSSR count). The second-order valence-electron chi connectivity index (χ2n) is 6.03. The number of carbonyl (C=O) groups is 1. The van der Waals surface area contributed by atoms with Crippen LogP contribution in [0.25, 0.3) is 11.5 Å². The van der Waals surface area contributed by atoms with Crippen molar-refractivity contribution in [3.63, 3.8) is 0 Å². The SMILES string of the molecule is CCOC(=O)CN(C)c1nc(-c2cc(C)ccn2)nc2c1CCC2. The summed E-state index contributed by atoms with van der Waals surface area (Å²) in [7, 11) is 1.87. The summed E-state index contributed by atoms with van der Waals surface area (Å²) in [6, 6.07) is 3.93. The summed E-state index contributed by atoms with van der Waals surface area (Å²) in [5, 5.41) is 0. The van der Waals surface area contributed by atoms with Crippen molar-refractivity contribution in [2.24, 2.45) is 0 Å². The van der Waals surface area contributed by atoms with Crippen LogP contribution >= 0.6 is 0 Å². The van der Waals surface area contributed by atoms with Crippen LogP contribution in [-0.2, 0) is 22.4 Å². The Morgan fingerprint density at radius 1 is 1.33 bits per heavy atom. The van der Waals surface area contributed by atoms with Crippen molar-refractivity contribution in [1.29, 1.82) is 0 Å². The molecule has 0 radical (unpaired) electrons. The van der Waals surface area contributed by atoms with Crippen LogP contribution in [0, 0.1) is 6.92 Å². The van der Waals surface area contributed by atoms with E-state index in [4.69, 9.17) is 14.7 Å². The fourth-order valence-corrected chi connectivity index (χ4v) is 2.98. The molecule has 0 amide bonds. The number of rotatable bonds is 5. The Hall–Kier alpha value is -2.50. The Morgan fingerprint density at radius 2 is 2.17 bits per heavy atom. The highest BCUT2D eigenvalue weighted by Gasteiger charge is 2.23. The molecule has 0 saturated heterocycles. The summed E-state index contributed by atoms with van der Waals surface area (Å²) in [5.74, 6) is 1.18. The summed E-state index contributed by atoms with van der Waals surface area (Å²) in [6.45, 7) is 4.39. The van der Waals surface area contributed by atoms with Crippen molar-refractivity contribution in [2.75, 3.05) is 25.1 Å². The summed E-state index contributed by atoms with van der Waals surface area (Å²) in [6.07, 6.45) is 4.72. The second kappa shape index (κ2) is 6.95. The molecule has 2 aromatic heterocycles. The van der Waals surface area contributed by atoms with E-state index in [0.29, 0.717) is 12.4 Å². The second-order valence-corrected chi connectivity index (χ2v) is 6.03. The van der Waals surface area contributed by atoms with Crippen molar-refractivity contribution in [2.45, 2.75) is 33.1 Å². The van der Waals surface area contributed by atoms with Crippen LogP contribution < -0.4 is 4.90 Å². The fraction of sp³-hybridized carbons (Fsp3) is 0.444. The molecule has 0 unspecified atom stereocenters. The van der Waals surface area contributed by atoms with Gasteiger partial charge in [0.05, 0.1) is 6.61 Å². The van der Waals surface area contributed by atoms with Gasteiger partial charge in [-0.2, -0.15) is 0 Å². The quantitative estimate of drug-likeness (QED) is 0.786. The van der Waals surface area contributed by atoms with Crippen LogP contribution in [-0.4, -0.2) is 41.1 Å². The highest BCUT2D eigenvalue weighted by Crippen LogP contribution is 2.30. The predicted octanol–water partition coefficient (Wildman–Crippen LogP) is 2.34. The Kier molecular flexibility index (Phi) is 4.74. The molecule has 2 heterocycles. The summed E-state index contributed by atoms with van der Waals surface area (Å²) < 4.78 is 5.05. The zero-order chi connectivity index (χ0) is 17.1. The number of aryl methyl sites for hydroxylation is 2. The van der Waals surface area contributed by atoms with Crippen LogP contribution in [0.15, 0.2) is 18.3 Å². The minimum absolute atomic E-state index is 0.179. The lowest BCUT2D eigenvalue weighted by atomic mass is 10.2. The van der Waals surface area contributed by atoms with E-state index in [1.54, 1.807) is 6.20 Å². The number of aromatic nitrogens is 3. The molecule has 0 bridgehead atoms. The first kappa shape index (κ1) is 16.4. The maximum absolute atomic E-state index is 11.8. The van der Waals surface area contributed by atoms with E-state index in [1.807, 2.05) is 37.9 Å². The summed E-state index contributed by atoms with van der Waals surface area (Å²) in [5.41, 5.74) is 4.08. The van der Waals surface area contributed by atoms with Gasteiger partial charge in [0.1, 0.15) is 18.1 Å². The van der Waals surface area contributed by atoms with Gasteiger partial charge in [-0.05, 0) is 50.8 Å². The van der Waals surface area contributed by atoms with Crippen molar-refractivity contribution in [3.05, 3.63) is 35.2 Å². The molecule has 1 aliphatic rings. The number of pyridine rings is 1. The van der Waals surface area contributed by atoms with Gasteiger partial charge in [-0.3, -0.25) is 9.78 Å². The average Bonchev–Trinajstić information content (AvgIpc) is 3.02. The third-order valence-electron chi connectivity index (χ3n) is 4.09. The molecule has 2 aromatic rings. The van der Waals surface area contributed by atoms with Gasteiger partial charge in [-0.1, -0.05) is 0 Å². The van der Waals surface area contributed by atoms with Crippen LogP contribution in [0.1, 0.15) is 30.2 Å². The van der Waals surface area contributed by atoms with Crippen molar-refractivity contribution in [1.82, 2.24) is 15.0 Å². The predicted molar refractivity (Wildman–Crippen MR) is 91.9 cm³/mol. The molecular weight excluding hydrogens is 304 g/mol. The molecule has 24 heavy (non-hydrogen) atoms. The highest BCUT2D eigenvalue weighted by molar-refractivity contribution is 5.76. The van der Waals surface area contributed by atoms with E-state index in [0.717, 1.165) is 47.6 Å². The Balaban J connectivity index is 1.98. The molecule has 6 heteroatoms. The maximum atomic E-state index is 11.8. The molecule has 0 N–H and O–H groups in total. The Labute approximate surface area is 141 Å². The minimum atomic E-state index is -0.249. The van der Waals surface area contributed by atoms with E-state index >= 15 is 0 Å². The largest absolute Gasteiger partial charge is 0.465 e. The molecule has 6 nitrogen and oxygen atoms in total. The van der Waals surface area contributed by atoms with Gasteiger partial charge in [0.25, 0.3) is 0 Å². The summed E-state index contributed by atoms with van der Waals surface area (Å²) in [4.78, 5) is 27.5. The van der Waals surface area contributed by atoms with Crippen molar-refractivity contribution >= 4 is 11.8 Å². The smallest absolute Gasteiger partial charge is 0.325 e.